The van der Waals surface area contributed by atoms with E-state index in [2.05, 4.69) is 92.0 Å². The van der Waals surface area contributed by atoms with Crippen molar-refractivity contribution in [1.82, 2.24) is 59.3 Å². The van der Waals surface area contributed by atoms with Gasteiger partial charge in [0.25, 0.3) is 0 Å². The predicted molar refractivity (Wildman–Crippen MR) is 202 cm³/mol. The molecule has 0 aromatic carbocycles. The number of nitrogens with zero attached hydrogens (tertiary/aromatic N) is 10. The number of anilines is 4. The molecule has 2 aliphatic heterocycles. The molecule has 2 aliphatic rings. The highest BCUT2D eigenvalue weighted by molar-refractivity contribution is 5.83. The van der Waals surface area contributed by atoms with E-state index in [0.29, 0.717) is 49.0 Å². The first kappa shape index (κ1) is 35.2. The molecule has 0 aliphatic carbocycles. The van der Waals surface area contributed by atoms with Crippen LogP contribution in [0.2, 0.25) is 0 Å². The van der Waals surface area contributed by atoms with Crippen molar-refractivity contribution in [3.8, 4) is 11.8 Å². The molecule has 2 fully saturated rings. The van der Waals surface area contributed by atoms with Gasteiger partial charge >= 0.3 is 0 Å². The quantitative estimate of drug-likeness (QED) is 0.136. The molecular weight excluding hydrogens is 660 g/mol. The van der Waals surface area contributed by atoms with E-state index < -0.39 is 0 Å². The number of fused-ring (bicyclic) bond motifs is 2. The maximum atomic E-state index is 5.66. The van der Waals surface area contributed by atoms with Crippen molar-refractivity contribution in [3.63, 3.8) is 0 Å². The molecule has 0 unspecified atom stereocenters. The summed E-state index contributed by atoms with van der Waals surface area (Å²) in [5, 5.41) is 17.7. The molecule has 0 atom stereocenters. The number of nitrogens with one attached hydrogen (secondary N) is 4. The highest BCUT2D eigenvalue weighted by Crippen LogP contribution is 2.30. The minimum absolute atomic E-state index is 0.450. The summed E-state index contributed by atoms with van der Waals surface area (Å²) < 4.78 is 15.5. The number of likely N-dealkylation sites (tertiary alicyclic amines) is 2. The second-order valence-corrected chi connectivity index (χ2v) is 13.6. The fraction of sp³-hybridized carbons (Fsp3) is 0.500. The zero-order chi connectivity index (χ0) is 36.2. The Morgan fingerprint density at radius 3 is 1.79 bits per heavy atom. The van der Waals surface area contributed by atoms with E-state index in [1.54, 1.807) is 0 Å². The number of aromatic nitrogens is 10. The third kappa shape index (κ3) is 7.67. The molecule has 6 aromatic rings. The van der Waals surface area contributed by atoms with Crippen LogP contribution in [0.25, 0.3) is 22.1 Å². The van der Waals surface area contributed by atoms with E-state index in [-0.39, 0.29) is 0 Å². The Labute approximate surface area is 303 Å². The molecule has 6 aromatic heterocycles. The summed E-state index contributed by atoms with van der Waals surface area (Å²) in [6.07, 6.45) is 12.1. The molecular formula is C36H50N14O2. The third-order valence-electron chi connectivity index (χ3n) is 9.87. The Balaban J connectivity index is 0.000000162. The summed E-state index contributed by atoms with van der Waals surface area (Å²) in [5.41, 5.74) is 5.41. The number of aromatic amines is 2. The van der Waals surface area contributed by atoms with Crippen molar-refractivity contribution >= 4 is 45.3 Å². The number of H-pyrrole nitrogens is 2. The van der Waals surface area contributed by atoms with Gasteiger partial charge in [0.15, 0.2) is 0 Å². The maximum absolute atomic E-state index is 5.66. The van der Waals surface area contributed by atoms with Crippen molar-refractivity contribution in [2.24, 2.45) is 0 Å². The smallest absolute Gasteiger partial charge is 0.232 e. The van der Waals surface area contributed by atoms with E-state index in [4.69, 9.17) is 14.6 Å². The largest absolute Gasteiger partial charge is 0.477 e. The Kier molecular flexibility index (Phi) is 10.5. The molecule has 4 N–H and O–H groups in total. The zero-order valence-corrected chi connectivity index (χ0v) is 31.0. The van der Waals surface area contributed by atoms with Crippen LogP contribution in [0.5, 0.6) is 11.8 Å². The van der Waals surface area contributed by atoms with Crippen LogP contribution < -0.4 is 20.1 Å². The minimum atomic E-state index is 0.450. The molecule has 0 saturated carbocycles. The molecule has 8 heterocycles. The van der Waals surface area contributed by atoms with Gasteiger partial charge in [-0.1, -0.05) is 0 Å². The number of aryl methyl sites for hydroxylation is 1. The normalized spacial score (nSPS) is 16.3. The standard InChI is InChI=1S/2C18H25N7O/c1-4-26-17-14-5-8-19-16(14)21-18(22-17)20-15-11-25(23-12(15)2)13-6-9-24(3)10-7-13;1-4-26-17-14-5-8-19-16(14)22-18(23-17)21-15-11-20-25(12(15)2)13-6-9-24(3)10-7-13/h5,8,11,13H,4,6-7,9-10H2,1-3H3,(H2,19,20,21,22);5,8,11,13H,4,6-7,9-10H2,1-3H3,(H2,19,21,22,23). The van der Waals surface area contributed by atoms with Gasteiger partial charge < -0.3 is 39.9 Å². The van der Waals surface area contributed by atoms with Crippen molar-refractivity contribution in [2.45, 2.75) is 65.5 Å². The minimum Gasteiger partial charge on any atom is -0.477 e. The zero-order valence-electron chi connectivity index (χ0n) is 31.0. The summed E-state index contributed by atoms with van der Waals surface area (Å²) in [7, 11) is 4.34. The topological polar surface area (TPSA) is 168 Å². The second-order valence-electron chi connectivity index (χ2n) is 13.6. The van der Waals surface area contributed by atoms with Crippen molar-refractivity contribution in [2.75, 3.05) is 64.1 Å². The van der Waals surface area contributed by atoms with Crippen LogP contribution in [0.1, 0.15) is 63.0 Å². The van der Waals surface area contributed by atoms with E-state index in [9.17, 15) is 0 Å². The van der Waals surface area contributed by atoms with Crippen molar-refractivity contribution in [1.29, 1.82) is 0 Å². The fourth-order valence-corrected chi connectivity index (χ4v) is 6.88. The average Bonchev–Trinajstić information content (AvgIpc) is 3.95. The summed E-state index contributed by atoms with van der Waals surface area (Å²) >= 11 is 0. The first-order valence-electron chi connectivity index (χ1n) is 18.3. The van der Waals surface area contributed by atoms with Gasteiger partial charge in [0.1, 0.15) is 11.3 Å². The van der Waals surface area contributed by atoms with Gasteiger partial charge in [0.2, 0.25) is 23.7 Å². The van der Waals surface area contributed by atoms with Crippen LogP contribution in [-0.4, -0.2) is 113 Å². The lowest BCUT2D eigenvalue weighted by Crippen LogP contribution is -2.32. The van der Waals surface area contributed by atoms with Crippen LogP contribution in [-0.2, 0) is 0 Å². The first-order valence-corrected chi connectivity index (χ1v) is 18.3. The number of ether oxygens (including phenoxy) is 2. The Bertz CT molecular complexity index is 2000. The SMILES string of the molecule is CCOc1nc(Nc2cn(C3CCN(C)CC3)nc2C)nc2[nH]ccc12.CCOc1nc(Nc2cnn(C3CCN(C)CC3)c2C)nc2[nH]ccc12. The predicted octanol–water partition coefficient (Wildman–Crippen LogP) is 5.74. The lowest BCUT2D eigenvalue weighted by molar-refractivity contribution is 0.210. The lowest BCUT2D eigenvalue weighted by atomic mass is 10.1. The highest BCUT2D eigenvalue weighted by Gasteiger charge is 2.23. The maximum Gasteiger partial charge on any atom is 0.232 e. The van der Waals surface area contributed by atoms with Crippen LogP contribution in [0.4, 0.5) is 23.3 Å². The van der Waals surface area contributed by atoms with Crippen LogP contribution in [0, 0.1) is 13.8 Å². The Morgan fingerprint density at radius 2 is 1.25 bits per heavy atom. The van der Waals surface area contributed by atoms with Crippen molar-refractivity contribution in [3.05, 3.63) is 48.3 Å². The number of hydrogen-bond donors (Lipinski definition) is 4. The molecule has 52 heavy (non-hydrogen) atoms. The molecule has 0 radical (unpaired) electrons. The Morgan fingerprint density at radius 1 is 0.731 bits per heavy atom. The van der Waals surface area contributed by atoms with Gasteiger partial charge in [0, 0.05) is 18.6 Å². The molecule has 0 spiro atoms. The first-order chi connectivity index (χ1) is 25.3. The lowest BCUT2D eigenvalue weighted by Gasteiger charge is -2.29. The number of piperidine rings is 2. The Hall–Kier alpha value is -5.22. The molecule has 16 nitrogen and oxygen atoms in total. The molecule has 8 rings (SSSR count). The van der Waals surface area contributed by atoms with Crippen LogP contribution in [0.15, 0.2) is 36.9 Å². The molecule has 0 amide bonds. The fourth-order valence-electron chi connectivity index (χ4n) is 6.88. The molecule has 2 saturated heterocycles. The van der Waals surface area contributed by atoms with Gasteiger partial charge in [-0.15, -0.1) is 0 Å². The summed E-state index contributed by atoms with van der Waals surface area (Å²) in [4.78, 5) is 29.1. The molecule has 276 valence electrons. The summed E-state index contributed by atoms with van der Waals surface area (Å²) in [6.45, 7) is 13.5. The van der Waals surface area contributed by atoms with E-state index in [0.717, 1.165) is 96.7 Å². The summed E-state index contributed by atoms with van der Waals surface area (Å²) in [6, 6.07) is 4.75. The van der Waals surface area contributed by atoms with E-state index in [1.807, 2.05) is 51.5 Å². The van der Waals surface area contributed by atoms with Gasteiger partial charge in [0.05, 0.1) is 65.0 Å². The van der Waals surface area contributed by atoms with Crippen molar-refractivity contribution < 1.29 is 9.47 Å². The summed E-state index contributed by atoms with van der Waals surface area (Å²) in [5.74, 6) is 2.19. The van der Waals surface area contributed by atoms with E-state index >= 15 is 0 Å². The van der Waals surface area contributed by atoms with Crippen LogP contribution >= 0.6 is 0 Å². The van der Waals surface area contributed by atoms with E-state index in [1.165, 1.54) is 0 Å². The van der Waals surface area contributed by atoms with Gasteiger partial charge in [-0.2, -0.15) is 30.1 Å². The number of hydrogen-bond acceptors (Lipinski definition) is 12. The highest BCUT2D eigenvalue weighted by atomic mass is 16.5. The second kappa shape index (κ2) is 15.6. The van der Waals surface area contributed by atoms with Crippen LogP contribution in [0.3, 0.4) is 0 Å². The van der Waals surface area contributed by atoms with Gasteiger partial charge in [-0.05, 0) is 106 Å². The van der Waals surface area contributed by atoms with Gasteiger partial charge in [-0.3, -0.25) is 9.36 Å². The number of rotatable bonds is 10. The average molecular weight is 711 g/mol. The molecule has 16 heteroatoms. The van der Waals surface area contributed by atoms with Gasteiger partial charge in [-0.25, -0.2) is 0 Å². The monoisotopic (exact) mass is 710 g/mol. The third-order valence-corrected chi connectivity index (χ3v) is 9.87. The molecule has 0 bridgehead atoms.